The summed E-state index contributed by atoms with van der Waals surface area (Å²) in [4.78, 5) is 26.9. The lowest BCUT2D eigenvalue weighted by atomic mass is 9.90. The van der Waals surface area contributed by atoms with Crippen molar-refractivity contribution in [3.05, 3.63) is 46.3 Å². The van der Waals surface area contributed by atoms with Crippen LogP contribution in [0.25, 0.3) is 11.0 Å². The fourth-order valence-electron chi connectivity index (χ4n) is 3.70. The molecule has 1 saturated carbocycles. The molecule has 2 aromatic rings. The fraction of sp³-hybridized carbons (Fsp3) is 0.444. The van der Waals surface area contributed by atoms with E-state index in [2.05, 4.69) is 0 Å². The Labute approximate surface area is 133 Å². The Morgan fingerprint density at radius 2 is 2.00 bits per heavy atom. The van der Waals surface area contributed by atoms with Gasteiger partial charge in [0.2, 0.25) is 0 Å². The first-order chi connectivity index (χ1) is 11.2. The first-order valence-electron chi connectivity index (χ1n) is 8.19. The summed E-state index contributed by atoms with van der Waals surface area (Å²) in [5.74, 6) is -0.0759. The molecule has 1 aliphatic carbocycles. The molecule has 2 fully saturated rings. The Balaban J connectivity index is 1.69. The van der Waals surface area contributed by atoms with E-state index < -0.39 is 0 Å². The van der Waals surface area contributed by atoms with Gasteiger partial charge in [-0.2, -0.15) is 0 Å². The van der Waals surface area contributed by atoms with Gasteiger partial charge in [0.1, 0.15) is 5.58 Å². The summed E-state index contributed by atoms with van der Waals surface area (Å²) in [6, 6.07) is 8.43. The first-order valence-corrected chi connectivity index (χ1v) is 8.19. The van der Waals surface area contributed by atoms with Crippen molar-refractivity contribution in [2.75, 3.05) is 13.2 Å². The molecule has 5 heteroatoms. The largest absolute Gasteiger partial charge is 0.451 e. The molecule has 120 valence electrons. The SMILES string of the molecule is O=C(c1cc(=O)c2ccccc2o1)N1CCO[C@@H]2CCCC[C@H]21. The maximum absolute atomic E-state index is 12.9. The van der Waals surface area contributed by atoms with E-state index in [0.29, 0.717) is 24.1 Å². The predicted octanol–water partition coefficient (Wildman–Crippen LogP) is 2.58. The summed E-state index contributed by atoms with van der Waals surface area (Å²) in [5.41, 5.74) is 0.278. The molecule has 2 aliphatic rings. The Bertz CT molecular complexity index is 795. The standard InChI is InChI=1S/C18H19NO4/c20-14-11-17(23-15-7-3-1-5-12(14)15)18(21)19-9-10-22-16-8-4-2-6-13(16)19/h1,3,5,7,11,13,16H,2,4,6,8-10H2/t13-,16-/m1/s1. The van der Waals surface area contributed by atoms with Crippen LogP contribution in [0.15, 0.2) is 39.5 Å². The molecule has 1 aliphatic heterocycles. The number of rotatable bonds is 1. The van der Waals surface area contributed by atoms with Gasteiger partial charge in [-0.05, 0) is 25.0 Å². The third kappa shape index (κ3) is 2.55. The molecule has 1 saturated heterocycles. The maximum atomic E-state index is 12.9. The smallest absolute Gasteiger partial charge is 0.290 e. The van der Waals surface area contributed by atoms with Crippen molar-refractivity contribution in [2.45, 2.75) is 37.8 Å². The number of carbonyl (C=O) groups excluding carboxylic acids is 1. The highest BCUT2D eigenvalue weighted by Gasteiger charge is 2.37. The number of morpholine rings is 1. The summed E-state index contributed by atoms with van der Waals surface area (Å²) in [5, 5.41) is 0.501. The van der Waals surface area contributed by atoms with Gasteiger partial charge in [-0.1, -0.05) is 25.0 Å². The molecular weight excluding hydrogens is 294 g/mol. The molecule has 1 amide bonds. The topological polar surface area (TPSA) is 59.8 Å². The number of para-hydroxylation sites is 1. The third-order valence-electron chi connectivity index (χ3n) is 4.84. The molecule has 0 N–H and O–H groups in total. The predicted molar refractivity (Wildman–Crippen MR) is 85.5 cm³/mol. The van der Waals surface area contributed by atoms with Crippen LogP contribution in [0.4, 0.5) is 0 Å². The Morgan fingerprint density at radius 1 is 1.17 bits per heavy atom. The van der Waals surface area contributed by atoms with Crippen molar-refractivity contribution in [1.29, 1.82) is 0 Å². The van der Waals surface area contributed by atoms with E-state index in [9.17, 15) is 9.59 Å². The number of carbonyl (C=O) groups is 1. The van der Waals surface area contributed by atoms with Gasteiger partial charge >= 0.3 is 0 Å². The minimum absolute atomic E-state index is 0.0989. The molecule has 5 nitrogen and oxygen atoms in total. The van der Waals surface area contributed by atoms with E-state index in [1.165, 1.54) is 6.07 Å². The lowest BCUT2D eigenvalue weighted by Crippen LogP contribution is -2.54. The monoisotopic (exact) mass is 313 g/mol. The second-order valence-corrected chi connectivity index (χ2v) is 6.23. The number of ether oxygens (including phenoxy) is 1. The van der Waals surface area contributed by atoms with Crippen molar-refractivity contribution in [3.8, 4) is 0 Å². The summed E-state index contributed by atoms with van der Waals surface area (Å²) < 4.78 is 11.5. The molecule has 0 spiro atoms. The van der Waals surface area contributed by atoms with Crippen LogP contribution in [0.5, 0.6) is 0 Å². The molecule has 2 atom stereocenters. The van der Waals surface area contributed by atoms with Crippen LogP contribution in [-0.2, 0) is 4.74 Å². The molecule has 1 aromatic heterocycles. The molecule has 0 unspecified atom stereocenters. The summed E-state index contributed by atoms with van der Waals surface area (Å²) in [6.45, 7) is 1.10. The second-order valence-electron chi connectivity index (χ2n) is 6.23. The van der Waals surface area contributed by atoms with E-state index in [0.717, 1.165) is 25.7 Å². The summed E-state index contributed by atoms with van der Waals surface area (Å²) >= 11 is 0. The zero-order valence-electron chi connectivity index (χ0n) is 12.9. The summed E-state index contributed by atoms with van der Waals surface area (Å²) in [7, 11) is 0. The highest BCUT2D eigenvalue weighted by atomic mass is 16.5. The Kier molecular flexibility index (Phi) is 3.65. The van der Waals surface area contributed by atoms with Gasteiger partial charge in [0.05, 0.1) is 24.1 Å². The van der Waals surface area contributed by atoms with Crippen molar-refractivity contribution < 1.29 is 13.9 Å². The summed E-state index contributed by atoms with van der Waals surface area (Å²) in [6.07, 6.45) is 4.32. The average molecular weight is 313 g/mol. The molecule has 0 radical (unpaired) electrons. The van der Waals surface area contributed by atoms with Crippen molar-refractivity contribution >= 4 is 16.9 Å². The molecule has 23 heavy (non-hydrogen) atoms. The number of benzene rings is 1. The Hall–Kier alpha value is -2.14. The van der Waals surface area contributed by atoms with Gasteiger partial charge in [0.15, 0.2) is 11.2 Å². The van der Waals surface area contributed by atoms with Crippen molar-refractivity contribution in [3.63, 3.8) is 0 Å². The number of hydrogen-bond donors (Lipinski definition) is 0. The van der Waals surface area contributed by atoms with Gasteiger partial charge < -0.3 is 14.1 Å². The lowest BCUT2D eigenvalue weighted by Gasteiger charge is -2.43. The van der Waals surface area contributed by atoms with Crippen LogP contribution < -0.4 is 5.43 Å². The Morgan fingerprint density at radius 3 is 2.91 bits per heavy atom. The van der Waals surface area contributed by atoms with Gasteiger partial charge in [-0.3, -0.25) is 9.59 Å². The normalized spacial score (nSPS) is 24.4. The van der Waals surface area contributed by atoms with Crippen LogP contribution in [0.1, 0.15) is 36.2 Å². The van der Waals surface area contributed by atoms with Crippen LogP contribution >= 0.6 is 0 Å². The number of nitrogens with zero attached hydrogens (tertiary/aromatic N) is 1. The number of fused-ring (bicyclic) bond motifs is 2. The second kappa shape index (κ2) is 5.81. The van der Waals surface area contributed by atoms with Crippen LogP contribution in [-0.4, -0.2) is 36.1 Å². The highest BCUT2D eigenvalue weighted by molar-refractivity contribution is 5.93. The zero-order chi connectivity index (χ0) is 15.8. The quantitative estimate of drug-likeness (QED) is 0.812. The van der Waals surface area contributed by atoms with E-state index in [1.54, 1.807) is 24.3 Å². The fourth-order valence-corrected chi connectivity index (χ4v) is 3.70. The number of hydrogen-bond acceptors (Lipinski definition) is 4. The average Bonchev–Trinajstić information content (AvgIpc) is 2.60. The van der Waals surface area contributed by atoms with E-state index >= 15 is 0 Å². The van der Waals surface area contributed by atoms with Gasteiger partial charge in [-0.25, -0.2) is 0 Å². The van der Waals surface area contributed by atoms with Gasteiger partial charge in [0, 0.05) is 12.6 Å². The minimum Gasteiger partial charge on any atom is -0.451 e. The molecule has 4 rings (SSSR count). The zero-order valence-corrected chi connectivity index (χ0v) is 12.9. The van der Waals surface area contributed by atoms with E-state index in [1.807, 2.05) is 4.90 Å². The maximum Gasteiger partial charge on any atom is 0.290 e. The highest BCUT2D eigenvalue weighted by Crippen LogP contribution is 2.29. The van der Waals surface area contributed by atoms with Crippen molar-refractivity contribution in [1.82, 2.24) is 4.90 Å². The van der Waals surface area contributed by atoms with Crippen LogP contribution in [0.2, 0.25) is 0 Å². The van der Waals surface area contributed by atoms with E-state index in [-0.39, 0.29) is 29.2 Å². The third-order valence-corrected chi connectivity index (χ3v) is 4.84. The molecular formula is C18H19NO4. The lowest BCUT2D eigenvalue weighted by molar-refractivity contribution is -0.0759. The minimum atomic E-state index is -0.201. The van der Waals surface area contributed by atoms with Gasteiger partial charge in [0.25, 0.3) is 5.91 Å². The first kappa shape index (κ1) is 14.5. The van der Waals surface area contributed by atoms with Gasteiger partial charge in [-0.15, -0.1) is 0 Å². The number of amides is 1. The van der Waals surface area contributed by atoms with Crippen molar-refractivity contribution in [2.24, 2.45) is 0 Å². The molecule has 2 heterocycles. The molecule has 1 aromatic carbocycles. The molecule has 0 bridgehead atoms. The van der Waals surface area contributed by atoms with Crippen LogP contribution in [0, 0.1) is 0 Å². The van der Waals surface area contributed by atoms with Crippen LogP contribution in [0.3, 0.4) is 0 Å². The van der Waals surface area contributed by atoms with E-state index in [4.69, 9.17) is 9.15 Å².